The number of benzene rings is 1. The Morgan fingerprint density at radius 2 is 1.97 bits per heavy atom. The molecule has 0 aliphatic carbocycles. The van der Waals surface area contributed by atoms with Gasteiger partial charge in [0.05, 0.1) is 11.8 Å². The molecular weight excluding hydrogens is 450 g/mol. The molecule has 8 heteroatoms. The molecular formula is C28H27N7O. The maximum Gasteiger partial charge on any atom is 0.257 e. The van der Waals surface area contributed by atoms with Gasteiger partial charge in [-0.05, 0) is 79.2 Å². The smallest absolute Gasteiger partial charge is 0.257 e. The molecule has 0 bridgehead atoms. The van der Waals surface area contributed by atoms with Crippen molar-refractivity contribution in [1.82, 2.24) is 29.8 Å². The van der Waals surface area contributed by atoms with Crippen LogP contribution in [0.5, 0.6) is 0 Å². The van der Waals surface area contributed by atoms with Gasteiger partial charge >= 0.3 is 0 Å². The monoisotopic (exact) mass is 477 g/mol. The molecule has 3 aromatic heterocycles. The summed E-state index contributed by atoms with van der Waals surface area (Å²) < 4.78 is 1.68. The van der Waals surface area contributed by atoms with Crippen LogP contribution in [0, 0.1) is 30.6 Å². The van der Waals surface area contributed by atoms with Crippen molar-refractivity contribution < 1.29 is 4.79 Å². The van der Waals surface area contributed by atoms with E-state index in [9.17, 15) is 4.79 Å². The van der Waals surface area contributed by atoms with Crippen LogP contribution >= 0.6 is 0 Å². The van der Waals surface area contributed by atoms with Crippen molar-refractivity contribution in [3.05, 3.63) is 89.1 Å². The summed E-state index contributed by atoms with van der Waals surface area (Å²) in [6.07, 6.45) is 6.56. The maximum absolute atomic E-state index is 12.9. The number of aromatic nitrogens is 4. The summed E-state index contributed by atoms with van der Waals surface area (Å²) in [7, 11) is 0. The molecule has 0 saturated carbocycles. The number of imidazole rings is 1. The number of amides is 1. The van der Waals surface area contributed by atoms with E-state index in [4.69, 9.17) is 0 Å². The average Bonchev–Trinajstić information content (AvgIpc) is 3.60. The van der Waals surface area contributed by atoms with Gasteiger partial charge in [-0.2, -0.15) is 5.10 Å². The highest BCUT2D eigenvalue weighted by atomic mass is 16.1. The number of fused-ring (bicyclic) bond motifs is 2. The number of likely N-dealkylation sites (tertiary alicyclic amines) is 1. The number of anilines is 1. The average molecular weight is 478 g/mol. The van der Waals surface area contributed by atoms with Gasteiger partial charge < -0.3 is 10.6 Å². The van der Waals surface area contributed by atoms with Gasteiger partial charge in [0.25, 0.3) is 5.91 Å². The van der Waals surface area contributed by atoms with Crippen LogP contribution in [0.3, 0.4) is 0 Å². The third-order valence-electron chi connectivity index (χ3n) is 7.07. The molecule has 2 aliphatic heterocycles. The van der Waals surface area contributed by atoms with E-state index in [1.807, 2.05) is 24.3 Å². The summed E-state index contributed by atoms with van der Waals surface area (Å²) >= 11 is 0. The Morgan fingerprint density at radius 3 is 2.81 bits per heavy atom. The van der Waals surface area contributed by atoms with Crippen molar-refractivity contribution in [2.75, 3.05) is 31.5 Å². The first-order chi connectivity index (χ1) is 17.6. The molecule has 4 aromatic rings. The quantitative estimate of drug-likeness (QED) is 0.440. The molecule has 1 aromatic carbocycles. The van der Waals surface area contributed by atoms with Gasteiger partial charge in [0.2, 0.25) is 0 Å². The van der Waals surface area contributed by atoms with Crippen molar-refractivity contribution in [3.8, 4) is 11.8 Å². The first-order valence-electron chi connectivity index (χ1n) is 12.2. The molecule has 1 amide bonds. The van der Waals surface area contributed by atoms with Gasteiger partial charge in [-0.25, -0.2) is 9.50 Å². The SMILES string of the molecule is Cc1cc(NC(=O)c2cncc(C#Cc3cnc4cccnn34)c2)ccc1CN1CC2CNCC2C1. The van der Waals surface area contributed by atoms with Gasteiger partial charge in [-0.3, -0.25) is 14.7 Å². The van der Waals surface area contributed by atoms with Gasteiger partial charge in [0.15, 0.2) is 5.65 Å². The molecule has 2 N–H and O–H groups in total. The summed E-state index contributed by atoms with van der Waals surface area (Å²) in [6.45, 7) is 7.68. The van der Waals surface area contributed by atoms with E-state index in [0.717, 1.165) is 55.9 Å². The number of rotatable bonds is 4. The first-order valence-corrected chi connectivity index (χ1v) is 12.2. The van der Waals surface area contributed by atoms with Crippen LogP contribution in [0.25, 0.3) is 5.65 Å². The van der Waals surface area contributed by atoms with Gasteiger partial charge in [-0.1, -0.05) is 12.0 Å². The topological polar surface area (TPSA) is 87.5 Å². The van der Waals surface area contributed by atoms with E-state index in [1.54, 1.807) is 35.4 Å². The van der Waals surface area contributed by atoms with Gasteiger partial charge in [0, 0.05) is 49.5 Å². The van der Waals surface area contributed by atoms with Crippen LogP contribution < -0.4 is 10.6 Å². The summed E-state index contributed by atoms with van der Waals surface area (Å²) in [4.78, 5) is 24.0. The molecule has 2 unspecified atom stereocenters. The molecule has 6 rings (SSSR count). The van der Waals surface area contributed by atoms with Gasteiger partial charge in [-0.15, -0.1) is 0 Å². The molecule has 36 heavy (non-hydrogen) atoms. The predicted octanol–water partition coefficient (Wildman–Crippen LogP) is 2.74. The standard InChI is InChI=1S/C28H27N7O/c1-19-9-25(6-5-21(19)16-34-17-23-13-30-14-24(23)18-34)33-28(36)22-10-20(11-29-12-22)4-7-26-15-31-27-3-2-8-32-35(26)27/h2-3,5-6,8-12,15,23-24,30H,13-14,16-18H2,1H3,(H,33,36). The number of carbonyl (C=O) groups is 1. The number of hydrogen-bond donors (Lipinski definition) is 2. The lowest BCUT2D eigenvalue weighted by atomic mass is 10.0. The highest BCUT2D eigenvalue weighted by molar-refractivity contribution is 6.04. The number of aryl methyl sites for hydroxylation is 1. The zero-order valence-corrected chi connectivity index (χ0v) is 20.1. The van der Waals surface area contributed by atoms with E-state index < -0.39 is 0 Å². The van der Waals surface area contributed by atoms with Crippen molar-refractivity contribution in [1.29, 1.82) is 0 Å². The molecule has 2 saturated heterocycles. The van der Waals surface area contributed by atoms with Crippen LogP contribution in [0.1, 0.15) is 32.7 Å². The largest absolute Gasteiger partial charge is 0.322 e. The fourth-order valence-electron chi connectivity index (χ4n) is 5.16. The summed E-state index contributed by atoms with van der Waals surface area (Å²) in [6, 6.07) is 11.6. The van der Waals surface area contributed by atoms with Crippen LogP contribution in [0.15, 0.2) is 61.2 Å². The summed E-state index contributed by atoms with van der Waals surface area (Å²) in [5.74, 6) is 7.49. The van der Waals surface area contributed by atoms with Crippen LogP contribution in [-0.2, 0) is 6.54 Å². The van der Waals surface area contributed by atoms with E-state index in [2.05, 4.69) is 55.4 Å². The molecule has 2 fully saturated rings. The van der Waals surface area contributed by atoms with Crippen molar-refractivity contribution in [2.45, 2.75) is 13.5 Å². The number of nitrogens with zero attached hydrogens (tertiary/aromatic N) is 5. The van der Waals surface area contributed by atoms with Crippen LogP contribution in [0.4, 0.5) is 5.69 Å². The zero-order valence-electron chi connectivity index (χ0n) is 20.1. The predicted molar refractivity (Wildman–Crippen MR) is 137 cm³/mol. The van der Waals surface area contributed by atoms with E-state index >= 15 is 0 Å². The Bertz CT molecular complexity index is 1490. The molecule has 2 aliphatic rings. The maximum atomic E-state index is 12.9. The molecule has 0 spiro atoms. The zero-order chi connectivity index (χ0) is 24.5. The Morgan fingerprint density at radius 1 is 1.11 bits per heavy atom. The number of pyridine rings is 1. The summed E-state index contributed by atoms with van der Waals surface area (Å²) in [5.41, 5.74) is 5.77. The first kappa shape index (κ1) is 22.4. The van der Waals surface area contributed by atoms with E-state index in [-0.39, 0.29) is 5.91 Å². The normalized spacial score (nSPS) is 19.1. The lowest BCUT2D eigenvalue weighted by Gasteiger charge is -2.19. The minimum Gasteiger partial charge on any atom is -0.322 e. The van der Waals surface area contributed by atoms with Crippen molar-refractivity contribution >= 4 is 17.2 Å². The van der Waals surface area contributed by atoms with Gasteiger partial charge in [0.1, 0.15) is 5.69 Å². The van der Waals surface area contributed by atoms with E-state index in [1.165, 1.54) is 11.1 Å². The Balaban J connectivity index is 1.12. The fraction of sp³-hybridized carbons (Fsp3) is 0.286. The second-order valence-corrected chi connectivity index (χ2v) is 9.62. The second-order valence-electron chi connectivity index (χ2n) is 9.62. The summed E-state index contributed by atoms with van der Waals surface area (Å²) in [5, 5.41) is 10.8. The molecule has 0 radical (unpaired) electrons. The third-order valence-corrected chi connectivity index (χ3v) is 7.07. The minimum absolute atomic E-state index is 0.213. The molecule has 5 heterocycles. The Labute approximate surface area is 209 Å². The number of carbonyl (C=O) groups excluding carboxylic acids is 1. The second kappa shape index (κ2) is 9.53. The Hall–Kier alpha value is -4.06. The highest BCUT2D eigenvalue weighted by Crippen LogP contribution is 2.28. The Kier molecular flexibility index (Phi) is 5.93. The number of nitrogens with one attached hydrogen (secondary N) is 2. The minimum atomic E-state index is -0.213. The molecule has 8 nitrogen and oxygen atoms in total. The molecule has 180 valence electrons. The fourth-order valence-corrected chi connectivity index (χ4v) is 5.16. The molecule has 2 atom stereocenters. The van der Waals surface area contributed by atoms with E-state index in [0.29, 0.717) is 16.8 Å². The lowest BCUT2D eigenvalue weighted by molar-refractivity contribution is 0.102. The third kappa shape index (κ3) is 4.59. The number of hydrogen-bond acceptors (Lipinski definition) is 6. The lowest BCUT2D eigenvalue weighted by Crippen LogP contribution is -2.25. The van der Waals surface area contributed by atoms with Crippen LogP contribution in [0.2, 0.25) is 0 Å². The van der Waals surface area contributed by atoms with Crippen molar-refractivity contribution in [2.24, 2.45) is 11.8 Å². The highest BCUT2D eigenvalue weighted by Gasteiger charge is 2.35. The van der Waals surface area contributed by atoms with Crippen LogP contribution in [-0.4, -0.2) is 56.6 Å². The van der Waals surface area contributed by atoms with Crippen molar-refractivity contribution in [3.63, 3.8) is 0 Å².